The van der Waals surface area contributed by atoms with E-state index >= 15 is 0 Å². The van der Waals surface area contributed by atoms with Gasteiger partial charge >= 0.3 is 0 Å². The smallest absolute Gasteiger partial charge is 0.0307 e. The zero-order chi connectivity index (χ0) is 29.8. The summed E-state index contributed by atoms with van der Waals surface area (Å²) in [5.74, 6) is 0. The van der Waals surface area contributed by atoms with Crippen molar-refractivity contribution >= 4 is 52.6 Å². The summed E-state index contributed by atoms with van der Waals surface area (Å²) in [5.41, 5.74) is 7.94. The molecule has 0 saturated heterocycles. The molecule has 0 nitrogen and oxygen atoms in total. The molecule has 0 unspecified atom stereocenters. The van der Waals surface area contributed by atoms with Gasteiger partial charge in [0.15, 0.2) is 0 Å². The number of aryl methyl sites for hydroxylation is 2. The average molecular weight is 747 g/mol. The number of rotatable bonds is 2. The molecule has 2 heteroatoms. The van der Waals surface area contributed by atoms with E-state index in [4.69, 9.17) is 0 Å². The number of fused-ring (bicyclic) bond motifs is 4. The fraction of sp³-hybridized carbons (Fsp3) is 0.0952. The van der Waals surface area contributed by atoms with Crippen LogP contribution in [-0.4, -0.2) is 9.52 Å². The minimum atomic E-state index is 0. The first-order chi connectivity index (χ1) is 21.1. The van der Waals surface area contributed by atoms with E-state index in [0.29, 0.717) is 0 Å². The van der Waals surface area contributed by atoms with E-state index in [1.807, 2.05) is 0 Å². The van der Waals surface area contributed by atoms with Crippen LogP contribution in [-0.2, 0) is 25.8 Å². The van der Waals surface area contributed by atoms with Crippen molar-refractivity contribution in [3.63, 3.8) is 0 Å². The molecule has 0 fully saturated rings. The van der Waals surface area contributed by atoms with Gasteiger partial charge in [-0.1, -0.05) is 135 Å². The molecule has 8 aromatic rings. The van der Waals surface area contributed by atoms with E-state index in [2.05, 4.69) is 173 Å². The summed E-state index contributed by atoms with van der Waals surface area (Å²) < 4.78 is 0. The summed E-state index contributed by atoms with van der Waals surface area (Å²) in [4.78, 5) is 0. The molecule has 8 aromatic carbocycles. The van der Waals surface area contributed by atoms with E-state index in [1.54, 1.807) is 0 Å². The number of hydrogen-bond donors (Lipinski definition) is 0. The Morgan fingerprint density at radius 1 is 0.409 bits per heavy atom. The van der Waals surface area contributed by atoms with Crippen LogP contribution in [0, 0.1) is 13.8 Å². The fourth-order valence-corrected chi connectivity index (χ4v) is 6.16. The topological polar surface area (TPSA) is 0 Å². The summed E-state index contributed by atoms with van der Waals surface area (Å²) in [6.07, 6.45) is 0. The molecule has 0 N–H and O–H groups in total. The van der Waals surface area contributed by atoms with Gasteiger partial charge in [0, 0.05) is 35.4 Å². The van der Waals surface area contributed by atoms with Crippen LogP contribution in [0.4, 0.5) is 0 Å². The molecule has 0 aromatic heterocycles. The molecule has 214 valence electrons. The Balaban J connectivity index is 0.000000157. The average Bonchev–Trinajstić information content (AvgIpc) is 3.62. The van der Waals surface area contributed by atoms with Crippen molar-refractivity contribution in [1.82, 2.24) is 0 Å². The van der Waals surface area contributed by atoms with Crippen LogP contribution in [0.1, 0.15) is 11.1 Å². The van der Waals surface area contributed by atoms with Crippen LogP contribution in [0.15, 0.2) is 146 Å². The number of benzene rings is 6. The Morgan fingerprint density at radius 3 is 1.14 bits per heavy atom. The molecule has 0 aliphatic carbocycles. The van der Waals surface area contributed by atoms with E-state index in [9.17, 15) is 0 Å². The van der Waals surface area contributed by atoms with E-state index in [0.717, 1.165) is 9.52 Å². The predicted molar refractivity (Wildman–Crippen MR) is 192 cm³/mol. The van der Waals surface area contributed by atoms with Crippen LogP contribution in [0.25, 0.3) is 65.3 Å². The minimum Gasteiger partial charge on any atom is -0.165 e. The van der Waals surface area contributed by atoms with Gasteiger partial charge in [0.25, 0.3) is 0 Å². The molecule has 0 bridgehead atoms. The van der Waals surface area contributed by atoms with E-state index in [-0.39, 0.29) is 25.8 Å². The monoisotopic (exact) mass is 748 g/mol. The summed E-state index contributed by atoms with van der Waals surface area (Å²) in [6, 6.07) is 52.5. The Labute approximate surface area is 282 Å². The summed E-state index contributed by atoms with van der Waals surface area (Å²) in [5, 5.41) is 10.6. The van der Waals surface area contributed by atoms with Crippen molar-refractivity contribution < 1.29 is 25.8 Å². The maximum absolute atomic E-state index is 2.28. The summed E-state index contributed by atoms with van der Waals surface area (Å²) >= 11 is 0. The second kappa shape index (κ2) is 14.3. The third-order valence-electron chi connectivity index (χ3n) is 7.95. The zero-order valence-corrected chi connectivity index (χ0v) is 30.4. The van der Waals surface area contributed by atoms with Crippen molar-refractivity contribution in [2.45, 2.75) is 26.9 Å². The van der Waals surface area contributed by atoms with Gasteiger partial charge in [-0.05, 0) is 32.7 Å². The van der Waals surface area contributed by atoms with Crippen LogP contribution < -0.4 is 0 Å². The van der Waals surface area contributed by atoms with Crippen molar-refractivity contribution in [1.29, 1.82) is 0 Å². The maximum Gasteiger partial charge on any atom is 0.0307 e. The quantitative estimate of drug-likeness (QED) is 0.122. The van der Waals surface area contributed by atoms with Crippen molar-refractivity contribution in [2.24, 2.45) is 0 Å². The Bertz CT molecular complexity index is 2000. The Morgan fingerprint density at radius 2 is 0.727 bits per heavy atom. The second-order valence-electron chi connectivity index (χ2n) is 11.2. The molecule has 0 aliphatic heterocycles. The molecular formula is C42H36HfSi-2. The van der Waals surface area contributed by atoms with Gasteiger partial charge in [0.2, 0.25) is 0 Å². The summed E-state index contributed by atoms with van der Waals surface area (Å²) in [7, 11) is 1.08. The first-order valence-corrected chi connectivity index (χ1v) is 16.9. The standard InChI is InChI=1S/2C20H15.C2H6Si.Hf/c2*1-14-12-16-8-5-11-19(20(16)13-14)18-10-4-7-15-6-2-3-9-17(15)18;1-3-2;/h2*2-13H,1H3;1-2H3;/q2*-1;;. The molecular weight excluding hydrogens is 711 g/mol. The van der Waals surface area contributed by atoms with Crippen LogP contribution in [0.5, 0.6) is 0 Å². The van der Waals surface area contributed by atoms with Crippen molar-refractivity contribution in [3.8, 4) is 22.3 Å². The molecule has 0 spiro atoms. The van der Waals surface area contributed by atoms with Crippen LogP contribution >= 0.6 is 0 Å². The van der Waals surface area contributed by atoms with E-state index in [1.165, 1.54) is 76.5 Å². The fourth-order valence-electron chi connectivity index (χ4n) is 6.16. The van der Waals surface area contributed by atoms with Gasteiger partial charge in [-0.2, -0.15) is 12.1 Å². The van der Waals surface area contributed by atoms with Gasteiger partial charge in [-0.3, -0.25) is 0 Å². The first-order valence-electron chi connectivity index (χ1n) is 14.9. The van der Waals surface area contributed by atoms with Gasteiger partial charge in [0.05, 0.1) is 0 Å². The van der Waals surface area contributed by atoms with Crippen molar-refractivity contribution in [3.05, 3.63) is 157 Å². The van der Waals surface area contributed by atoms with Crippen LogP contribution in [0.2, 0.25) is 13.1 Å². The maximum atomic E-state index is 2.28. The van der Waals surface area contributed by atoms with Gasteiger partial charge < -0.3 is 0 Å². The van der Waals surface area contributed by atoms with Crippen LogP contribution in [0.3, 0.4) is 0 Å². The van der Waals surface area contributed by atoms with Gasteiger partial charge in [0.1, 0.15) is 0 Å². The first kappa shape index (κ1) is 31.6. The van der Waals surface area contributed by atoms with Gasteiger partial charge in [-0.15, -0.1) is 69.1 Å². The third-order valence-corrected chi connectivity index (χ3v) is 7.95. The normalized spacial score (nSPS) is 10.6. The SMILES string of the molecule is C[Si]C.Cc1cc2c(-c3cccc4ccccc34)cccc2[cH-]1.Cc1cc2c(-c3cccc4ccccc34)cccc2[cH-]1.[Hf]. The molecule has 0 aliphatic rings. The van der Waals surface area contributed by atoms with E-state index < -0.39 is 0 Å². The third kappa shape index (κ3) is 6.48. The van der Waals surface area contributed by atoms with Crippen molar-refractivity contribution in [2.75, 3.05) is 0 Å². The Hall–Kier alpha value is -3.85. The Kier molecular flexibility index (Phi) is 10.2. The second-order valence-corrected chi connectivity index (χ2v) is 12.2. The molecule has 0 heterocycles. The molecule has 2 radical (unpaired) electrons. The predicted octanol–water partition coefficient (Wildman–Crippen LogP) is 12.2. The summed E-state index contributed by atoms with van der Waals surface area (Å²) in [6.45, 7) is 8.62. The molecule has 0 amide bonds. The molecule has 8 rings (SSSR count). The minimum absolute atomic E-state index is 0. The largest absolute Gasteiger partial charge is 0.165 e. The van der Waals surface area contributed by atoms with Gasteiger partial charge in [-0.25, -0.2) is 0 Å². The molecule has 0 atom stereocenters. The molecule has 44 heavy (non-hydrogen) atoms. The molecule has 0 saturated carbocycles. The number of hydrogen-bond acceptors (Lipinski definition) is 0. The zero-order valence-electron chi connectivity index (χ0n) is 25.9.